The summed E-state index contributed by atoms with van der Waals surface area (Å²) in [4.78, 5) is 8.82. The number of benzene rings is 1. The molecule has 1 fully saturated rings. The standard InChI is InChI=1S/C16H18N6/c1-11-4-2-3-5-14(11)22-16-13(9-20-22)15(18-10-19-16)21-12-6-7-17-8-12/h2-5,9-10,12,17H,6-8H2,1H3,(H,18,19,21). The number of nitrogens with one attached hydrogen (secondary N) is 2. The second-order valence-corrected chi connectivity index (χ2v) is 5.64. The molecule has 1 unspecified atom stereocenters. The van der Waals surface area contributed by atoms with Crippen molar-refractivity contribution in [2.24, 2.45) is 0 Å². The fourth-order valence-corrected chi connectivity index (χ4v) is 2.91. The summed E-state index contributed by atoms with van der Waals surface area (Å²) < 4.78 is 1.88. The highest BCUT2D eigenvalue weighted by Crippen LogP contribution is 2.24. The van der Waals surface area contributed by atoms with Gasteiger partial charge in [0.05, 0.1) is 17.3 Å². The Morgan fingerprint density at radius 2 is 2.18 bits per heavy atom. The molecule has 22 heavy (non-hydrogen) atoms. The van der Waals surface area contributed by atoms with Gasteiger partial charge < -0.3 is 10.6 Å². The van der Waals surface area contributed by atoms with E-state index in [4.69, 9.17) is 0 Å². The number of para-hydroxylation sites is 1. The zero-order valence-electron chi connectivity index (χ0n) is 12.5. The van der Waals surface area contributed by atoms with E-state index < -0.39 is 0 Å². The van der Waals surface area contributed by atoms with E-state index in [0.29, 0.717) is 6.04 Å². The molecule has 1 saturated heterocycles. The van der Waals surface area contributed by atoms with Crippen molar-refractivity contribution in [1.82, 2.24) is 25.1 Å². The van der Waals surface area contributed by atoms with Crippen LogP contribution in [-0.4, -0.2) is 38.9 Å². The third-order valence-corrected chi connectivity index (χ3v) is 4.11. The maximum atomic E-state index is 4.52. The van der Waals surface area contributed by atoms with E-state index in [0.717, 1.165) is 42.0 Å². The fourth-order valence-electron chi connectivity index (χ4n) is 2.91. The Labute approximate surface area is 128 Å². The Kier molecular flexibility index (Phi) is 3.23. The Bertz CT molecular complexity index is 803. The third-order valence-electron chi connectivity index (χ3n) is 4.11. The number of hydrogen-bond acceptors (Lipinski definition) is 5. The lowest BCUT2D eigenvalue weighted by molar-refractivity contribution is 0.789. The summed E-state index contributed by atoms with van der Waals surface area (Å²) in [6, 6.07) is 8.59. The maximum Gasteiger partial charge on any atom is 0.168 e. The van der Waals surface area contributed by atoms with Gasteiger partial charge in [-0.1, -0.05) is 18.2 Å². The highest BCUT2D eigenvalue weighted by atomic mass is 15.3. The first-order valence-electron chi connectivity index (χ1n) is 7.55. The van der Waals surface area contributed by atoms with Gasteiger partial charge in [-0.25, -0.2) is 14.6 Å². The minimum absolute atomic E-state index is 0.417. The molecule has 0 amide bonds. The molecule has 1 atom stereocenters. The Morgan fingerprint density at radius 3 is 3.00 bits per heavy atom. The molecule has 2 aromatic heterocycles. The van der Waals surface area contributed by atoms with Crippen LogP contribution >= 0.6 is 0 Å². The van der Waals surface area contributed by atoms with Crippen molar-refractivity contribution in [3.8, 4) is 5.69 Å². The lowest BCUT2D eigenvalue weighted by Gasteiger charge is -2.12. The smallest absolute Gasteiger partial charge is 0.168 e. The van der Waals surface area contributed by atoms with Crippen LogP contribution in [0.15, 0.2) is 36.8 Å². The molecular formula is C16H18N6. The summed E-state index contributed by atoms with van der Waals surface area (Å²) >= 11 is 0. The average molecular weight is 294 g/mol. The topological polar surface area (TPSA) is 67.7 Å². The predicted molar refractivity (Wildman–Crippen MR) is 86.3 cm³/mol. The summed E-state index contributed by atoms with van der Waals surface area (Å²) in [5, 5.41) is 12.3. The molecule has 1 aliphatic rings. The van der Waals surface area contributed by atoms with Crippen LogP contribution in [0.4, 0.5) is 5.82 Å². The Balaban J connectivity index is 1.78. The van der Waals surface area contributed by atoms with Gasteiger partial charge in [-0.05, 0) is 31.5 Å². The molecule has 112 valence electrons. The van der Waals surface area contributed by atoms with Gasteiger partial charge in [0.25, 0.3) is 0 Å². The highest BCUT2D eigenvalue weighted by molar-refractivity contribution is 5.87. The normalized spacial score (nSPS) is 18.0. The van der Waals surface area contributed by atoms with Crippen LogP contribution in [0.25, 0.3) is 16.7 Å². The summed E-state index contributed by atoms with van der Waals surface area (Å²) in [6.45, 7) is 4.10. The van der Waals surface area contributed by atoms with Gasteiger partial charge in [0, 0.05) is 12.6 Å². The number of rotatable bonds is 3. The fraction of sp³-hybridized carbons (Fsp3) is 0.312. The van der Waals surface area contributed by atoms with Crippen molar-refractivity contribution in [3.05, 3.63) is 42.4 Å². The van der Waals surface area contributed by atoms with Crippen molar-refractivity contribution in [1.29, 1.82) is 0 Å². The minimum Gasteiger partial charge on any atom is -0.365 e. The van der Waals surface area contributed by atoms with E-state index in [-0.39, 0.29) is 0 Å². The molecule has 0 spiro atoms. The molecule has 2 N–H and O–H groups in total. The van der Waals surface area contributed by atoms with Gasteiger partial charge in [0.2, 0.25) is 0 Å². The number of anilines is 1. The minimum atomic E-state index is 0.417. The molecule has 6 heteroatoms. The SMILES string of the molecule is Cc1ccccc1-n1ncc2c(NC3CCNC3)ncnc21. The van der Waals surface area contributed by atoms with Crippen LogP contribution in [0, 0.1) is 6.92 Å². The van der Waals surface area contributed by atoms with Crippen LogP contribution in [0.3, 0.4) is 0 Å². The molecule has 3 heterocycles. The second-order valence-electron chi connectivity index (χ2n) is 5.64. The largest absolute Gasteiger partial charge is 0.365 e. The monoisotopic (exact) mass is 294 g/mol. The zero-order valence-corrected chi connectivity index (χ0v) is 12.5. The summed E-state index contributed by atoms with van der Waals surface area (Å²) in [7, 11) is 0. The number of hydrogen-bond donors (Lipinski definition) is 2. The maximum absolute atomic E-state index is 4.52. The Hall–Kier alpha value is -2.47. The van der Waals surface area contributed by atoms with Crippen molar-refractivity contribution in [3.63, 3.8) is 0 Å². The number of aryl methyl sites for hydroxylation is 1. The molecule has 0 aliphatic carbocycles. The zero-order chi connectivity index (χ0) is 14.9. The molecule has 0 bridgehead atoms. The van der Waals surface area contributed by atoms with E-state index >= 15 is 0 Å². The van der Waals surface area contributed by atoms with Crippen molar-refractivity contribution < 1.29 is 0 Å². The number of nitrogens with zero attached hydrogens (tertiary/aromatic N) is 4. The van der Waals surface area contributed by atoms with Gasteiger partial charge in [-0.15, -0.1) is 0 Å². The van der Waals surface area contributed by atoms with E-state index in [1.165, 1.54) is 5.56 Å². The van der Waals surface area contributed by atoms with Crippen molar-refractivity contribution >= 4 is 16.9 Å². The van der Waals surface area contributed by atoms with Crippen LogP contribution in [-0.2, 0) is 0 Å². The lowest BCUT2D eigenvalue weighted by Crippen LogP contribution is -2.22. The van der Waals surface area contributed by atoms with Crippen LogP contribution in [0.1, 0.15) is 12.0 Å². The Morgan fingerprint density at radius 1 is 1.27 bits per heavy atom. The van der Waals surface area contributed by atoms with Gasteiger partial charge in [-0.2, -0.15) is 5.10 Å². The molecule has 3 aromatic rings. The van der Waals surface area contributed by atoms with Gasteiger partial charge in [0.1, 0.15) is 12.1 Å². The molecule has 1 aromatic carbocycles. The first-order valence-corrected chi connectivity index (χ1v) is 7.55. The van der Waals surface area contributed by atoms with E-state index in [1.54, 1.807) is 6.33 Å². The highest BCUT2D eigenvalue weighted by Gasteiger charge is 2.17. The summed E-state index contributed by atoms with van der Waals surface area (Å²) in [6.07, 6.45) is 4.55. The lowest BCUT2D eigenvalue weighted by atomic mass is 10.2. The molecule has 0 saturated carbocycles. The van der Waals surface area contributed by atoms with Crippen LogP contribution in [0.2, 0.25) is 0 Å². The molecule has 4 rings (SSSR count). The molecule has 1 aliphatic heterocycles. The van der Waals surface area contributed by atoms with Gasteiger partial charge in [-0.3, -0.25) is 0 Å². The van der Waals surface area contributed by atoms with Gasteiger partial charge >= 0.3 is 0 Å². The second kappa shape index (κ2) is 5.38. The number of aromatic nitrogens is 4. The molecule has 6 nitrogen and oxygen atoms in total. The van der Waals surface area contributed by atoms with Crippen LogP contribution in [0.5, 0.6) is 0 Å². The molecule has 0 radical (unpaired) electrons. The first-order chi connectivity index (χ1) is 10.8. The van der Waals surface area contributed by atoms with E-state index in [2.05, 4.69) is 44.8 Å². The quantitative estimate of drug-likeness (QED) is 0.772. The van der Waals surface area contributed by atoms with Crippen molar-refractivity contribution in [2.45, 2.75) is 19.4 Å². The van der Waals surface area contributed by atoms with Crippen LogP contribution < -0.4 is 10.6 Å². The summed E-state index contributed by atoms with van der Waals surface area (Å²) in [5.41, 5.74) is 3.04. The first kappa shape index (κ1) is 13.2. The predicted octanol–water partition coefficient (Wildman–Crippen LogP) is 1.90. The summed E-state index contributed by atoms with van der Waals surface area (Å²) in [5.74, 6) is 0.860. The van der Waals surface area contributed by atoms with Gasteiger partial charge in [0.15, 0.2) is 5.65 Å². The van der Waals surface area contributed by atoms with Crippen molar-refractivity contribution in [2.75, 3.05) is 18.4 Å². The number of fused-ring (bicyclic) bond motifs is 1. The van der Waals surface area contributed by atoms with E-state index in [9.17, 15) is 0 Å². The third kappa shape index (κ3) is 2.21. The molecular weight excluding hydrogens is 276 g/mol. The van der Waals surface area contributed by atoms with E-state index in [1.807, 2.05) is 23.0 Å². The average Bonchev–Trinajstić information content (AvgIpc) is 3.18.